The molecule has 1 amide bonds. The van der Waals surface area contributed by atoms with E-state index in [9.17, 15) is 4.79 Å². The van der Waals surface area contributed by atoms with Crippen LogP contribution in [-0.2, 0) is 0 Å². The number of carbonyl (C=O) groups is 1. The molecule has 2 rings (SSSR count). The molecule has 3 N–H and O–H groups in total. The Balaban J connectivity index is 2.13. The molecule has 1 aromatic rings. The Morgan fingerprint density at radius 3 is 2.77 bits per heavy atom. The SMILES string of the molecule is Nc1n[nH]c(C(=O)N2CC=CC2)n1. The van der Waals surface area contributed by atoms with Crippen molar-refractivity contribution in [3.63, 3.8) is 0 Å². The first kappa shape index (κ1) is 7.78. The summed E-state index contributed by atoms with van der Waals surface area (Å²) < 4.78 is 0. The van der Waals surface area contributed by atoms with Crippen LogP contribution in [0.3, 0.4) is 0 Å². The second-order valence-electron chi connectivity index (χ2n) is 2.72. The fourth-order valence-corrected chi connectivity index (χ4v) is 1.16. The van der Waals surface area contributed by atoms with Crippen LogP contribution in [0.25, 0.3) is 0 Å². The summed E-state index contributed by atoms with van der Waals surface area (Å²) in [7, 11) is 0. The number of carbonyl (C=O) groups excluding carboxylic acids is 1. The number of H-pyrrole nitrogens is 1. The third kappa shape index (κ3) is 1.37. The van der Waals surface area contributed by atoms with Crippen molar-refractivity contribution >= 4 is 11.9 Å². The van der Waals surface area contributed by atoms with Crippen LogP contribution in [0.4, 0.5) is 5.95 Å². The Kier molecular flexibility index (Phi) is 1.73. The lowest BCUT2D eigenvalue weighted by molar-refractivity contribution is 0.0788. The van der Waals surface area contributed by atoms with E-state index in [1.807, 2.05) is 12.2 Å². The summed E-state index contributed by atoms with van der Waals surface area (Å²) in [4.78, 5) is 16.9. The summed E-state index contributed by atoms with van der Waals surface area (Å²) in [6, 6.07) is 0. The van der Waals surface area contributed by atoms with E-state index in [-0.39, 0.29) is 17.7 Å². The first-order valence-electron chi connectivity index (χ1n) is 3.89. The van der Waals surface area contributed by atoms with Crippen LogP contribution in [0, 0.1) is 0 Å². The molecule has 0 spiro atoms. The number of nitrogens with two attached hydrogens (primary N) is 1. The monoisotopic (exact) mass is 179 g/mol. The van der Waals surface area contributed by atoms with Gasteiger partial charge in [-0.3, -0.25) is 9.89 Å². The molecule has 0 aromatic carbocycles. The van der Waals surface area contributed by atoms with Crippen LogP contribution in [-0.4, -0.2) is 39.1 Å². The van der Waals surface area contributed by atoms with Crippen LogP contribution < -0.4 is 5.73 Å². The quantitative estimate of drug-likeness (QED) is 0.563. The first-order chi connectivity index (χ1) is 6.27. The van der Waals surface area contributed by atoms with Gasteiger partial charge >= 0.3 is 0 Å². The maximum absolute atomic E-state index is 11.6. The average Bonchev–Trinajstić information content (AvgIpc) is 2.72. The van der Waals surface area contributed by atoms with Crippen LogP contribution in [0.2, 0.25) is 0 Å². The number of nitrogens with one attached hydrogen (secondary N) is 1. The highest BCUT2D eigenvalue weighted by Gasteiger charge is 2.19. The Bertz CT molecular complexity index is 348. The summed E-state index contributed by atoms with van der Waals surface area (Å²) in [6.45, 7) is 1.25. The van der Waals surface area contributed by atoms with Gasteiger partial charge in [0.25, 0.3) is 5.91 Å². The van der Waals surface area contributed by atoms with E-state index >= 15 is 0 Å². The molecule has 1 aliphatic rings. The highest BCUT2D eigenvalue weighted by molar-refractivity contribution is 5.91. The van der Waals surface area contributed by atoms with E-state index in [0.717, 1.165) is 0 Å². The summed E-state index contributed by atoms with van der Waals surface area (Å²) in [6.07, 6.45) is 3.86. The minimum Gasteiger partial charge on any atom is -0.366 e. The number of rotatable bonds is 1. The lowest BCUT2D eigenvalue weighted by Crippen LogP contribution is -2.29. The number of amides is 1. The zero-order valence-electron chi connectivity index (χ0n) is 6.90. The van der Waals surface area contributed by atoms with Crippen molar-refractivity contribution in [2.45, 2.75) is 0 Å². The summed E-state index contributed by atoms with van der Waals surface area (Å²) in [5, 5.41) is 6.06. The summed E-state index contributed by atoms with van der Waals surface area (Å²) in [5.74, 6) is 0.117. The molecule has 0 radical (unpaired) electrons. The van der Waals surface area contributed by atoms with Gasteiger partial charge in [0, 0.05) is 13.1 Å². The van der Waals surface area contributed by atoms with Gasteiger partial charge in [-0.05, 0) is 0 Å². The minimum absolute atomic E-state index is 0.0931. The van der Waals surface area contributed by atoms with E-state index in [2.05, 4.69) is 15.2 Å². The van der Waals surface area contributed by atoms with E-state index < -0.39 is 0 Å². The molecule has 68 valence electrons. The molecule has 0 atom stereocenters. The van der Waals surface area contributed by atoms with Gasteiger partial charge in [0.2, 0.25) is 11.8 Å². The maximum Gasteiger partial charge on any atom is 0.291 e. The third-order valence-electron chi connectivity index (χ3n) is 1.81. The first-order valence-corrected chi connectivity index (χ1v) is 3.89. The van der Waals surface area contributed by atoms with Gasteiger partial charge < -0.3 is 10.6 Å². The van der Waals surface area contributed by atoms with Gasteiger partial charge in [-0.1, -0.05) is 12.2 Å². The van der Waals surface area contributed by atoms with E-state index in [0.29, 0.717) is 13.1 Å². The maximum atomic E-state index is 11.6. The normalized spacial score (nSPS) is 15.2. The predicted octanol–water partition coefficient (Wildman–Crippen LogP) is -0.601. The number of nitrogens with zero attached hydrogens (tertiary/aromatic N) is 3. The molecule has 0 saturated carbocycles. The van der Waals surface area contributed by atoms with Crippen LogP contribution >= 0.6 is 0 Å². The van der Waals surface area contributed by atoms with Crippen molar-refractivity contribution in [2.24, 2.45) is 0 Å². The second-order valence-corrected chi connectivity index (χ2v) is 2.72. The molecule has 0 fully saturated rings. The molecule has 2 heterocycles. The molecule has 0 bridgehead atoms. The predicted molar refractivity (Wildman–Crippen MR) is 45.8 cm³/mol. The molecule has 1 aromatic heterocycles. The molecule has 0 aliphatic carbocycles. The standard InChI is InChI=1S/C7H9N5O/c8-7-9-5(10-11-7)6(13)12-3-1-2-4-12/h1-2H,3-4H2,(H3,8,9,10,11). The van der Waals surface area contributed by atoms with Gasteiger partial charge in [0.15, 0.2) is 0 Å². The second kappa shape index (κ2) is 2.89. The van der Waals surface area contributed by atoms with Crippen molar-refractivity contribution in [3.8, 4) is 0 Å². The fourth-order valence-electron chi connectivity index (χ4n) is 1.16. The van der Waals surface area contributed by atoms with Crippen molar-refractivity contribution in [1.82, 2.24) is 20.1 Å². The molecule has 0 unspecified atom stereocenters. The van der Waals surface area contributed by atoms with Crippen molar-refractivity contribution < 1.29 is 4.79 Å². The molecule has 6 nitrogen and oxygen atoms in total. The number of hydrogen-bond acceptors (Lipinski definition) is 4. The van der Waals surface area contributed by atoms with Gasteiger partial charge in [0.1, 0.15) is 0 Å². The largest absolute Gasteiger partial charge is 0.366 e. The average molecular weight is 179 g/mol. The van der Waals surface area contributed by atoms with Crippen molar-refractivity contribution in [3.05, 3.63) is 18.0 Å². The zero-order chi connectivity index (χ0) is 9.26. The summed E-state index contributed by atoms with van der Waals surface area (Å²) in [5.41, 5.74) is 5.28. The number of anilines is 1. The van der Waals surface area contributed by atoms with E-state index in [1.165, 1.54) is 0 Å². The fraction of sp³-hybridized carbons (Fsp3) is 0.286. The molecular formula is C7H9N5O. The Labute approximate surface area is 74.4 Å². The van der Waals surface area contributed by atoms with Gasteiger partial charge in [-0.25, -0.2) is 0 Å². The Hall–Kier alpha value is -1.85. The third-order valence-corrected chi connectivity index (χ3v) is 1.81. The molecule has 1 aliphatic heterocycles. The van der Waals surface area contributed by atoms with E-state index in [1.54, 1.807) is 4.90 Å². The number of nitrogen functional groups attached to an aromatic ring is 1. The smallest absolute Gasteiger partial charge is 0.291 e. The highest BCUT2D eigenvalue weighted by Crippen LogP contribution is 2.04. The van der Waals surface area contributed by atoms with Crippen molar-refractivity contribution in [2.75, 3.05) is 18.8 Å². The van der Waals surface area contributed by atoms with E-state index in [4.69, 9.17) is 5.73 Å². The summed E-state index contributed by atoms with van der Waals surface area (Å²) >= 11 is 0. The minimum atomic E-state index is -0.172. The number of hydrogen-bond donors (Lipinski definition) is 2. The lowest BCUT2D eigenvalue weighted by Gasteiger charge is -2.12. The van der Waals surface area contributed by atoms with Gasteiger partial charge in [-0.2, -0.15) is 4.98 Å². The molecule has 13 heavy (non-hydrogen) atoms. The Morgan fingerprint density at radius 2 is 2.23 bits per heavy atom. The number of aromatic amines is 1. The van der Waals surface area contributed by atoms with Crippen molar-refractivity contribution in [1.29, 1.82) is 0 Å². The molecule has 0 saturated heterocycles. The highest BCUT2D eigenvalue weighted by atomic mass is 16.2. The lowest BCUT2D eigenvalue weighted by atomic mass is 10.5. The molecule has 6 heteroatoms. The number of aromatic nitrogens is 3. The topological polar surface area (TPSA) is 87.9 Å². The van der Waals surface area contributed by atoms with Gasteiger partial charge in [-0.15, -0.1) is 5.10 Å². The zero-order valence-corrected chi connectivity index (χ0v) is 6.90. The van der Waals surface area contributed by atoms with Crippen LogP contribution in [0.15, 0.2) is 12.2 Å². The molecular weight excluding hydrogens is 170 g/mol. The van der Waals surface area contributed by atoms with Crippen LogP contribution in [0.5, 0.6) is 0 Å². The van der Waals surface area contributed by atoms with Gasteiger partial charge in [0.05, 0.1) is 0 Å². The van der Waals surface area contributed by atoms with Crippen LogP contribution in [0.1, 0.15) is 10.6 Å². The Morgan fingerprint density at radius 1 is 1.54 bits per heavy atom.